The van der Waals surface area contributed by atoms with Gasteiger partial charge in [-0.1, -0.05) is 30.3 Å². The molecule has 1 heterocycles. The second-order valence-corrected chi connectivity index (χ2v) is 6.95. The molecule has 0 bridgehead atoms. The summed E-state index contributed by atoms with van der Waals surface area (Å²) in [5.41, 5.74) is 2.04. The maximum Gasteiger partial charge on any atom is 0.293 e. The molecule has 0 radical (unpaired) electrons. The van der Waals surface area contributed by atoms with E-state index in [9.17, 15) is 18.8 Å². The van der Waals surface area contributed by atoms with Gasteiger partial charge in [0.15, 0.2) is 0 Å². The Kier molecular flexibility index (Phi) is 5.71. The van der Waals surface area contributed by atoms with Crippen molar-refractivity contribution in [3.63, 3.8) is 0 Å². The van der Waals surface area contributed by atoms with Crippen molar-refractivity contribution in [3.05, 3.63) is 75.9 Å². The highest BCUT2D eigenvalue weighted by Crippen LogP contribution is 2.31. The molecule has 0 saturated carbocycles. The van der Waals surface area contributed by atoms with E-state index in [1.807, 2.05) is 19.1 Å². The minimum atomic E-state index is -0.417. The molecule has 1 aliphatic rings. The van der Waals surface area contributed by atoms with Crippen molar-refractivity contribution in [2.45, 2.75) is 6.92 Å². The normalized spacial score (nSPS) is 15.5. The molecule has 1 aliphatic heterocycles. The zero-order valence-electron chi connectivity index (χ0n) is 14.6. The number of aryl methyl sites for hydroxylation is 1. The number of nitrogens with one attached hydrogen (secondary N) is 1. The Labute approximate surface area is 160 Å². The number of rotatable bonds is 5. The average Bonchev–Trinajstić information content (AvgIpc) is 2.91. The Balaban J connectivity index is 1.60. The lowest BCUT2D eigenvalue weighted by atomic mass is 10.1. The van der Waals surface area contributed by atoms with Gasteiger partial charge in [0.1, 0.15) is 5.82 Å². The largest absolute Gasteiger partial charge is 0.350 e. The summed E-state index contributed by atoms with van der Waals surface area (Å²) in [5, 5.41) is 2.33. The van der Waals surface area contributed by atoms with E-state index in [4.69, 9.17) is 0 Å². The van der Waals surface area contributed by atoms with Gasteiger partial charge < -0.3 is 5.32 Å². The van der Waals surface area contributed by atoms with E-state index in [0.29, 0.717) is 11.1 Å². The number of amides is 3. The SMILES string of the molecule is Cc1ccccc1C(=O)NCCN1C(=O)SC(=Cc2ccc(F)cc2)C1=O. The van der Waals surface area contributed by atoms with Gasteiger partial charge in [-0.15, -0.1) is 0 Å². The fraction of sp³-hybridized carbons (Fsp3) is 0.150. The van der Waals surface area contributed by atoms with E-state index in [1.54, 1.807) is 18.2 Å². The molecular formula is C20H17FN2O3S. The topological polar surface area (TPSA) is 66.5 Å². The smallest absolute Gasteiger partial charge is 0.293 e. The molecule has 0 atom stereocenters. The fourth-order valence-electron chi connectivity index (χ4n) is 2.61. The zero-order chi connectivity index (χ0) is 19.4. The van der Waals surface area contributed by atoms with Crippen LogP contribution in [0.15, 0.2) is 53.4 Å². The lowest BCUT2D eigenvalue weighted by Gasteiger charge is -2.13. The van der Waals surface area contributed by atoms with Crippen LogP contribution in [0.5, 0.6) is 0 Å². The quantitative estimate of drug-likeness (QED) is 0.800. The van der Waals surface area contributed by atoms with Crippen molar-refractivity contribution >= 4 is 34.9 Å². The van der Waals surface area contributed by atoms with Crippen molar-refractivity contribution in [2.75, 3.05) is 13.1 Å². The van der Waals surface area contributed by atoms with Gasteiger partial charge >= 0.3 is 0 Å². The molecule has 3 amide bonds. The molecule has 0 aromatic heterocycles. The zero-order valence-corrected chi connectivity index (χ0v) is 15.4. The number of imide groups is 1. The Hall–Kier alpha value is -2.93. The number of nitrogens with zero attached hydrogens (tertiary/aromatic N) is 1. The Morgan fingerprint density at radius 1 is 1.15 bits per heavy atom. The monoisotopic (exact) mass is 384 g/mol. The van der Waals surface area contributed by atoms with E-state index in [1.165, 1.54) is 24.3 Å². The molecule has 2 aromatic carbocycles. The van der Waals surface area contributed by atoms with Crippen LogP contribution in [-0.2, 0) is 4.79 Å². The number of hydrogen-bond acceptors (Lipinski definition) is 4. The van der Waals surface area contributed by atoms with Crippen molar-refractivity contribution in [2.24, 2.45) is 0 Å². The maximum atomic E-state index is 13.0. The molecule has 5 nitrogen and oxygen atoms in total. The minimum absolute atomic E-state index is 0.0864. The third-order valence-corrected chi connectivity index (χ3v) is 4.96. The predicted molar refractivity (Wildman–Crippen MR) is 103 cm³/mol. The molecule has 3 rings (SSSR count). The number of carbonyl (C=O) groups excluding carboxylic acids is 3. The average molecular weight is 384 g/mol. The molecule has 138 valence electrons. The Morgan fingerprint density at radius 2 is 1.85 bits per heavy atom. The van der Waals surface area contributed by atoms with Crippen molar-refractivity contribution in [1.82, 2.24) is 10.2 Å². The number of thioether (sulfide) groups is 1. The summed E-state index contributed by atoms with van der Waals surface area (Å²) in [7, 11) is 0. The first kappa shape index (κ1) is 18.8. The van der Waals surface area contributed by atoms with E-state index < -0.39 is 11.1 Å². The van der Waals surface area contributed by atoms with Crippen LogP contribution in [0.25, 0.3) is 6.08 Å². The highest BCUT2D eigenvalue weighted by molar-refractivity contribution is 8.18. The summed E-state index contributed by atoms with van der Waals surface area (Å²) in [5.74, 6) is -1.04. The minimum Gasteiger partial charge on any atom is -0.350 e. The number of carbonyl (C=O) groups is 3. The van der Waals surface area contributed by atoms with Crippen LogP contribution in [0, 0.1) is 12.7 Å². The van der Waals surface area contributed by atoms with Crippen molar-refractivity contribution in [1.29, 1.82) is 0 Å². The second-order valence-electron chi connectivity index (χ2n) is 5.96. The van der Waals surface area contributed by atoms with Crippen molar-refractivity contribution in [3.8, 4) is 0 Å². The highest BCUT2D eigenvalue weighted by atomic mass is 32.2. The highest BCUT2D eigenvalue weighted by Gasteiger charge is 2.34. The summed E-state index contributed by atoms with van der Waals surface area (Å²) >= 11 is 0.831. The van der Waals surface area contributed by atoms with E-state index in [-0.39, 0.29) is 29.7 Å². The molecule has 1 N–H and O–H groups in total. The van der Waals surface area contributed by atoms with E-state index >= 15 is 0 Å². The molecule has 2 aromatic rings. The molecule has 0 spiro atoms. The standard InChI is InChI=1S/C20H17FN2O3S/c1-13-4-2-3-5-16(13)18(24)22-10-11-23-19(25)17(27-20(23)26)12-14-6-8-15(21)9-7-14/h2-9,12H,10-11H2,1H3,(H,22,24). The molecular weight excluding hydrogens is 367 g/mol. The second kappa shape index (κ2) is 8.18. The molecule has 0 aliphatic carbocycles. The first-order valence-corrected chi connectivity index (χ1v) is 9.12. The number of benzene rings is 2. The first-order valence-electron chi connectivity index (χ1n) is 8.30. The molecule has 0 unspecified atom stereocenters. The van der Waals surface area contributed by atoms with Gasteiger partial charge in [-0.2, -0.15) is 0 Å². The van der Waals surface area contributed by atoms with Crippen LogP contribution < -0.4 is 5.32 Å². The van der Waals surface area contributed by atoms with Crippen molar-refractivity contribution < 1.29 is 18.8 Å². The van der Waals surface area contributed by atoms with Gasteiger partial charge in [0.25, 0.3) is 17.1 Å². The number of halogens is 1. The van der Waals surface area contributed by atoms with E-state index in [2.05, 4.69) is 5.32 Å². The molecule has 1 saturated heterocycles. The van der Waals surface area contributed by atoms with Gasteiger partial charge in [0, 0.05) is 18.7 Å². The third kappa shape index (κ3) is 4.43. The van der Waals surface area contributed by atoms with Gasteiger partial charge in [-0.3, -0.25) is 19.3 Å². The van der Waals surface area contributed by atoms with Gasteiger partial charge in [0.2, 0.25) is 0 Å². The van der Waals surface area contributed by atoms with Crippen LogP contribution >= 0.6 is 11.8 Å². The van der Waals surface area contributed by atoms with E-state index in [0.717, 1.165) is 22.2 Å². The fourth-order valence-corrected chi connectivity index (χ4v) is 3.47. The Morgan fingerprint density at radius 3 is 2.56 bits per heavy atom. The summed E-state index contributed by atoms with van der Waals surface area (Å²) in [6.07, 6.45) is 1.55. The first-order chi connectivity index (χ1) is 13.0. The summed E-state index contributed by atoms with van der Waals surface area (Å²) < 4.78 is 13.0. The Bertz CT molecular complexity index is 925. The van der Waals surface area contributed by atoms with Gasteiger partial charge in [-0.05, 0) is 54.1 Å². The summed E-state index contributed by atoms with van der Waals surface area (Å²) in [6, 6.07) is 12.8. The van der Waals surface area contributed by atoms with Crippen LogP contribution in [0.4, 0.5) is 9.18 Å². The predicted octanol–water partition coefficient (Wildman–Crippen LogP) is 3.60. The molecule has 27 heavy (non-hydrogen) atoms. The van der Waals surface area contributed by atoms with Crippen LogP contribution in [0.1, 0.15) is 21.5 Å². The molecule has 1 fully saturated rings. The van der Waals surface area contributed by atoms with Gasteiger partial charge in [-0.25, -0.2) is 4.39 Å². The number of hydrogen-bond donors (Lipinski definition) is 1. The molecule has 7 heteroatoms. The summed E-state index contributed by atoms with van der Waals surface area (Å²) in [4.78, 5) is 38.1. The third-order valence-electron chi connectivity index (χ3n) is 4.05. The lowest BCUT2D eigenvalue weighted by molar-refractivity contribution is -0.122. The maximum absolute atomic E-state index is 13.0. The van der Waals surface area contributed by atoms with Crippen LogP contribution in [0.3, 0.4) is 0 Å². The van der Waals surface area contributed by atoms with Crippen LogP contribution in [0.2, 0.25) is 0 Å². The lowest BCUT2D eigenvalue weighted by Crippen LogP contribution is -2.37. The summed E-state index contributed by atoms with van der Waals surface area (Å²) in [6.45, 7) is 2.09. The van der Waals surface area contributed by atoms with Crippen LogP contribution in [-0.4, -0.2) is 35.0 Å². The van der Waals surface area contributed by atoms with Gasteiger partial charge in [0.05, 0.1) is 4.91 Å².